The van der Waals surface area contributed by atoms with Gasteiger partial charge in [0, 0.05) is 5.92 Å². The molecule has 1 N–H and O–H groups in total. The number of thioether (sulfide) groups is 1. The molecule has 23 heavy (non-hydrogen) atoms. The summed E-state index contributed by atoms with van der Waals surface area (Å²) in [6.07, 6.45) is 2.02. The molecule has 1 aromatic heterocycles. The maximum Gasteiger partial charge on any atom is 0.277 e. The van der Waals surface area contributed by atoms with Crippen molar-refractivity contribution in [3.63, 3.8) is 0 Å². The number of amides is 1. The van der Waals surface area contributed by atoms with Gasteiger partial charge in [-0.2, -0.15) is 0 Å². The lowest BCUT2D eigenvalue weighted by atomic mass is 10.2. The molecule has 2 aromatic rings. The third-order valence-electron chi connectivity index (χ3n) is 3.29. The summed E-state index contributed by atoms with van der Waals surface area (Å²) in [5, 5.41) is 9.48. The van der Waals surface area contributed by atoms with E-state index in [-0.39, 0.29) is 5.22 Å². The minimum absolute atomic E-state index is 0.236. The van der Waals surface area contributed by atoms with Crippen molar-refractivity contribution < 1.29 is 22.4 Å². The van der Waals surface area contributed by atoms with Crippen LogP contribution in [0.2, 0.25) is 0 Å². The molecule has 0 bridgehead atoms. The molecule has 9 heteroatoms. The van der Waals surface area contributed by atoms with Gasteiger partial charge in [-0.3, -0.25) is 4.79 Å². The highest BCUT2D eigenvalue weighted by Crippen LogP contribution is 2.40. The van der Waals surface area contributed by atoms with Crippen LogP contribution in [0, 0.1) is 17.5 Å². The van der Waals surface area contributed by atoms with Gasteiger partial charge in [-0.25, -0.2) is 13.2 Å². The Kier molecular flexibility index (Phi) is 4.29. The third kappa shape index (κ3) is 3.49. The van der Waals surface area contributed by atoms with Gasteiger partial charge in [0.2, 0.25) is 11.8 Å². The fraction of sp³-hybridized carbons (Fsp3) is 0.357. The molecular formula is C14H12F3N3O2S. The van der Waals surface area contributed by atoms with E-state index in [4.69, 9.17) is 4.42 Å². The van der Waals surface area contributed by atoms with E-state index < -0.39 is 34.3 Å². The molecule has 1 heterocycles. The zero-order valence-electron chi connectivity index (χ0n) is 12.0. The standard InChI is InChI=1S/C14H12F3N3O2S/c1-6(23-14-20-19-13(22-14)7-2-3-7)12(21)18-9-5-4-8(15)10(16)11(9)17/h4-7H,2-3H2,1H3,(H,18,21)/t6-/m1/s1. The molecule has 5 nitrogen and oxygen atoms in total. The van der Waals surface area contributed by atoms with Gasteiger partial charge in [0.15, 0.2) is 17.5 Å². The van der Waals surface area contributed by atoms with Gasteiger partial charge >= 0.3 is 0 Å². The molecule has 0 saturated heterocycles. The zero-order chi connectivity index (χ0) is 16.6. The summed E-state index contributed by atoms with van der Waals surface area (Å²) in [5.74, 6) is -4.13. The highest BCUT2D eigenvalue weighted by Gasteiger charge is 2.30. The van der Waals surface area contributed by atoms with Crippen molar-refractivity contribution >= 4 is 23.4 Å². The van der Waals surface area contributed by atoms with E-state index in [1.807, 2.05) is 0 Å². The third-order valence-corrected chi connectivity index (χ3v) is 4.22. The van der Waals surface area contributed by atoms with Crippen molar-refractivity contribution in [2.75, 3.05) is 5.32 Å². The molecule has 1 aromatic carbocycles. The molecule has 1 aliphatic carbocycles. The lowest BCUT2D eigenvalue weighted by molar-refractivity contribution is -0.115. The summed E-state index contributed by atoms with van der Waals surface area (Å²) < 4.78 is 44.9. The van der Waals surface area contributed by atoms with Crippen LogP contribution in [0.1, 0.15) is 31.6 Å². The average molecular weight is 343 g/mol. The van der Waals surface area contributed by atoms with Crippen LogP contribution in [0.25, 0.3) is 0 Å². The highest BCUT2D eigenvalue weighted by molar-refractivity contribution is 8.00. The predicted molar refractivity (Wildman–Crippen MR) is 76.5 cm³/mol. The molecule has 1 fully saturated rings. The minimum Gasteiger partial charge on any atom is -0.416 e. The van der Waals surface area contributed by atoms with Crippen LogP contribution >= 0.6 is 11.8 Å². The van der Waals surface area contributed by atoms with Crippen LogP contribution in [0.3, 0.4) is 0 Å². The number of nitrogens with zero attached hydrogens (tertiary/aromatic N) is 2. The summed E-state index contributed by atoms with van der Waals surface area (Å²) in [7, 11) is 0. The molecule has 1 aliphatic rings. The van der Waals surface area contributed by atoms with Gasteiger partial charge in [-0.05, 0) is 31.9 Å². The number of rotatable bonds is 5. The monoisotopic (exact) mass is 343 g/mol. The fourth-order valence-corrected chi connectivity index (χ4v) is 2.51. The molecule has 122 valence electrons. The topological polar surface area (TPSA) is 68.0 Å². The Labute approximate surface area is 133 Å². The molecule has 0 radical (unpaired) electrons. The molecule has 0 aliphatic heterocycles. The lowest BCUT2D eigenvalue weighted by Crippen LogP contribution is -2.23. The van der Waals surface area contributed by atoms with Crippen LogP contribution in [0.15, 0.2) is 21.8 Å². The maximum absolute atomic E-state index is 13.5. The van der Waals surface area contributed by atoms with E-state index >= 15 is 0 Å². The van der Waals surface area contributed by atoms with Crippen molar-refractivity contribution in [3.8, 4) is 0 Å². The molecule has 0 spiro atoms. The van der Waals surface area contributed by atoms with Crippen LogP contribution < -0.4 is 5.32 Å². The first-order valence-electron chi connectivity index (χ1n) is 6.90. The number of hydrogen-bond donors (Lipinski definition) is 1. The predicted octanol–water partition coefficient (Wildman–Crippen LogP) is 3.48. The zero-order valence-corrected chi connectivity index (χ0v) is 12.8. The Morgan fingerprint density at radius 2 is 2.04 bits per heavy atom. The van der Waals surface area contributed by atoms with Gasteiger partial charge in [0.05, 0.1) is 10.9 Å². The Hall–Kier alpha value is -2.03. The molecule has 0 unspecified atom stereocenters. The number of nitrogens with one attached hydrogen (secondary N) is 1. The van der Waals surface area contributed by atoms with Gasteiger partial charge in [-0.1, -0.05) is 11.8 Å². The number of carbonyl (C=O) groups is 1. The largest absolute Gasteiger partial charge is 0.416 e. The Morgan fingerprint density at radius 3 is 2.74 bits per heavy atom. The highest BCUT2D eigenvalue weighted by atomic mass is 32.2. The first-order valence-corrected chi connectivity index (χ1v) is 7.78. The van der Waals surface area contributed by atoms with Gasteiger partial charge < -0.3 is 9.73 Å². The first-order chi connectivity index (χ1) is 11.0. The number of halogens is 3. The summed E-state index contributed by atoms with van der Waals surface area (Å²) in [6.45, 7) is 1.55. The van der Waals surface area contributed by atoms with Crippen LogP contribution in [-0.4, -0.2) is 21.4 Å². The van der Waals surface area contributed by atoms with Crippen LogP contribution in [-0.2, 0) is 4.79 Å². The smallest absolute Gasteiger partial charge is 0.277 e. The molecule has 1 saturated carbocycles. The Morgan fingerprint density at radius 1 is 1.30 bits per heavy atom. The van der Waals surface area contributed by atoms with Crippen LogP contribution in [0.4, 0.5) is 18.9 Å². The molecule has 1 amide bonds. The number of aromatic nitrogens is 2. The van der Waals surface area contributed by atoms with Gasteiger partial charge in [0.1, 0.15) is 0 Å². The van der Waals surface area contributed by atoms with Gasteiger partial charge in [-0.15, -0.1) is 10.2 Å². The second-order valence-corrected chi connectivity index (χ2v) is 6.44. The first kappa shape index (κ1) is 15.9. The Bertz CT molecular complexity index is 749. The number of anilines is 1. The number of benzene rings is 1. The van der Waals surface area contributed by atoms with Crippen molar-refractivity contribution in [2.45, 2.75) is 36.2 Å². The quantitative estimate of drug-likeness (QED) is 0.665. The summed E-state index contributed by atoms with van der Waals surface area (Å²) in [4.78, 5) is 12.0. The average Bonchev–Trinajstić information content (AvgIpc) is 3.28. The normalized spacial score (nSPS) is 15.5. The molecular weight excluding hydrogens is 331 g/mol. The van der Waals surface area contributed by atoms with E-state index in [0.29, 0.717) is 11.8 Å². The Balaban J connectivity index is 1.64. The minimum atomic E-state index is -1.63. The number of hydrogen-bond acceptors (Lipinski definition) is 5. The van der Waals surface area contributed by atoms with E-state index in [2.05, 4.69) is 15.5 Å². The van der Waals surface area contributed by atoms with E-state index in [1.54, 1.807) is 6.92 Å². The molecule has 1 atom stereocenters. The number of carbonyl (C=O) groups excluding carboxylic acids is 1. The van der Waals surface area contributed by atoms with E-state index in [1.165, 1.54) is 0 Å². The summed E-state index contributed by atoms with van der Waals surface area (Å²) in [6, 6.07) is 1.70. The fourth-order valence-electron chi connectivity index (χ4n) is 1.82. The maximum atomic E-state index is 13.5. The molecule has 3 rings (SSSR count). The van der Waals surface area contributed by atoms with E-state index in [9.17, 15) is 18.0 Å². The SMILES string of the molecule is C[C@@H](Sc1nnc(C2CC2)o1)C(=O)Nc1ccc(F)c(F)c1F. The van der Waals surface area contributed by atoms with Gasteiger partial charge in [0.25, 0.3) is 5.22 Å². The van der Waals surface area contributed by atoms with Crippen molar-refractivity contribution in [2.24, 2.45) is 0 Å². The summed E-state index contributed by atoms with van der Waals surface area (Å²) in [5.41, 5.74) is -0.425. The van der Waals surface area contributed by atoms with Crippen molar-refractivity contribution in [1.29, 1.82) is 0 Å². The van der Waals surface area contributed by atoms with Crippen molar-refractivity contribution in [1.82, 2.24) is 10.2 Å². The lowest BCUT2D eigenvalue weighted by Gasteiger charge is -2.11. The second kappa shape index (κ2) is 6.23. The van der Waals surface area contributed by atoms with Crippen molar-refractivity contribution in [3.05, 3.63) is 35.5 Å². The van der Waals surface area contributed by atoms with Crippen LogP contribution in [0.5, 0.6) is 0 Å². The second-order valence-electron chi connectivity index (χ2n) is 5.15. The summed E-state index contributed by atoms with van der Waals surface area (Å²) >= 11 is 1.01. The van der Waals surface area contributed by atoms with E-state index in [0.717, 1.165) is 36.7 Å².